The number of sulfonamides is 1. The van der Waals surface area contributed by atoms with Gasteiger partial charge in [0.2, 0.25) is 0 Å². The van der Waals surface area contributed by atoms with Gasteiger partial charge in [0.1, 0.15) is 9.92 Å². The normalized spacial score (nSPS) is 12.4. The van der Waals surface area contributed by atoms with Crippen LogP contribution in [0, 0.1) is 6.92 Å². The van der Waals surface area contributed by atoms with Gasteiger partial charge in [-0.25, -0.2) is 0 Å². The predicted molar refractivity (Wildman–Crippen MR) is 141 cm³/mol. The van der Waals surface area contributed by atoms with Crippen molar-refractivity contribution in [3.05, 3.63) is 118 Å². The Balaban J connectivity index is 1.75. The maximum atomic E-state index is 13.2. The molecule has 0 unspecified atom stereocenters. The first kappa shape index (κ1) is 22.9. The number of halogens is 1. The number of pyridine rings is 1. The predicted octanol–water partition coefficient (Wildman–Crippen LogP) is 7.34. The molecule has 0 saturated carbocycles. The van der Waals surface area contributed by atoms with Crippen molar-refractivity contribution in [1.29, 1.82) is 0 Å². The molecule has 4 nitrogen and oxygen atoms in total. The van der Waals surface area contributed by atoms with E-state index in [4.69, 9.17) is 11.6 Å². The fourth-order valence-corrected chi connectivity index (χ4v) is 6.89. The molecule has 0 saturated heterocycles. The van der Waals surface area contributed by atoms with Crippen LogP contribution in [-0.4, -0.2) is 18.5 Å². The lowest BCUT2D eigenvalue weighted by molar-refractivity contribution is 0.600. The summed E-state index contributed by atoms with van der Waals surface area (Å²) in [6.45, 7) is 2.01. The molecule has 0 N–H and O–H groups in total. The van der Waals surface area contributed by atoms with Gasteiger partial charge in [-0.05, 0) is 60.3 Å². The Morgan fingerprint density at radius 1 is 0.941 bits per heavy atom. The number of thiophene rings is 1. The lowest BCUT2D eigenvalue weighted by Crippen LogP contribution is -2.11. The van der Waals surface area contributed by atoms with Gasteiger partial charge in [0, 0.05) is 26.6 Å². The number of rotatable bonds is 6. The van der Waals surface area contributed by atoms with Gasteiger partial charge in [0.05, 0.1) is 11.2 Å². The summed E-state index contributed by atoms with van der Waals surface area (Å²) in [7, 11) is -3.88. The zero-order valence-corrected chi connectivity index (χ0v) is 21.3. The Bertz CT molecular complexity index is 1590. The quantitative estimate of drug-likeness (QED) is 0.219. The molecule has 34 heavy (non-hydrogen) atoms. The molecule has 170 valence electrons. The molecule has 0 aliphatic heterocycles. The van der Waals surface area contributed by atoms with Crippen LogP contribution in [-0.2, 0) is 10.0 Å². The average molecular weight is 523 g/mol. The summed E-state index contributed by atoms with van der Waals surface area (Å²) in [5.74, 6) is 0. The van der Waals surface area contributed by atoms with Gasteiger partial charge in [0.15, 0.2) is 0 Å². The van der Waals surface area contributed by atoms with Gasteiger partial charge in [-0.3, -0.25) is 0 Å². The first-order chi connectivity index (χ1) is 16.4. The van der Waals surface area contributed by atoms with Gasteiger partial charge in [-0.2, -0.15) is 12.8 Å². The monoisotopic (exact) mass is 522 g/mol. The van der Waals surface area contributed by atoms with E-state index < -0.39 is 10.0 Å². The van der Waals surface area contributed by atoms with Crippen molar-refractivity contribution < 1.29 is 8.42 Å². The van der Waals surface area contributed by atoms with Gasteiger partial charge in [-0.15, -0.1) is 11.3 Å². The first-order valence-electron chi connectivity index (χ1n) is 10.4. The minimum Gasteiger partial charge on any atom is -0.314 e. The number of hydrogen-bond acceptors (Lipinski definition) is 4. The minimum atomic E-state index is -3.88. The highest BCUT2D eigenvalue weighted by Crippen LogP contribution is 2.38. The van der Waals surface area contributed by atoms with Crippen LogP contribution in [0.1, 0.15) is 16.8 Å². The number of aromatic nitrogens is 1. The Morgan fingerprint density at radius 2 is 1.68 bits per heavy atom. The zero-order chi connectivity index (χ0) is 23.7. The van der Waals surface area contributed by atoms with Gasteiger partial charge >= 0.3 is 0 Å². The van der Waals surface area contributed by atoms with Gasteiger partial charge in [-0.1, -0.05) is 65.8 Å². The van der Waals surface area contributed by atoms with Crippen LogP contribution in [0.15, 0.2) is 115 Å². The summed E-state index contributed by atoms with van der Waals surface area (Å²) in [6.07, 6.45) is 1.94. The van der Waals surface area contributed by atoms with Crippen molar-refractivity contribution in [2.24, 2.45) is 4.40 Å². The molecule has 0 aliphatic rings. The van der Waals surface area contributed by atoms with Crippen LogP contribution < -0.4 is 0 Å². The van der Waals surface area contributed by atoms with Crippen molar-refractivity contribution in [3.63, 3.8) is 0 Å². The van der Waals surface area contributed by atoms with Crippen LogP contribution in [0.4, 0.5) is 0 Å². The first-order valence-corrected chi connectivity index (χ1v) is 13.9. The fraction of sp³-hybridized carbons (Fsp3) is 0.0385. The molecule has 8 heteroatoms. The number of nitrogens with zero attached hydrogens (tertiary/aromatic N) is 2. The Hall–Kier alpha value is -2.84. The summed E-state index contributed by atoms with van der Waals surface area (Å²) in [4.78, 5) is 2.08. The molecular weight excluding hydrogens is 504 g/mol. The molecule has 0 aliphatic carbocycles. The maximum Gasteiger partial charge on any atom is 0.292 e. The standard InChI is InChI=1S/C26H19ClN2O2S3/c1-18-25(24(19-8-3-2-4-9-19)28-34(30,31)23-11-7-17-32-23)29-16-6-5-10-22(29)26(18)33-21-14-12-20(27)13-15-21/h2-17H,1H3. The van der Waals surface area contributed by atoms with Crippen molar-refractivity contribution >= 4 is 56.0 Å². The molecule has 0 bridgehead atoms. The second-order valence-corrected chi connectivity index (χ2v) is 11.8. The Labute approximate surface area is 211 Å². The minimum absolute atomic E-state index is 0.218. The molecular formula is C26H19ClN2O2S3. The van der Waals surface area contributed by atoms with Gasteiger partial charge < -0.3 is 4.40 Å². The van der Waals surface area contributed by atoms with Crippen LogP contribution in [0.3, 0.4) is 0 Å². The van der Waals surface area contributed by atoms with Crippen molar-refractivity contribution in [2.45, 2.75) is 20.9 Å². The summed E-state index contributed by atoms with van der Waals surface area (Å²) >= 11 is 8.85. The lowest BCUT2D eigenvalue weighted by Gasteiger charge is -2.10. The van der Waals surface area contributed by atoms with Crippen molar-refractivity contribution in [1.82, 2.24) is 4.40 Å². The smallest absolute Gasteiger partial charge is 0.292 e. The number of hydrogen-bond donors (Lipinski definition) is 0. The Morgan fingerprint density at radius 3 is 2.38 bits per heavy atom. The van der Waals surface area contributed by atoms with E-state index in [1.165, 1.54) is 0 Å². The van der Waals surface area contributed by atoms with Gasteiger partial charge in [0.25, 0.3) is 10.0 Å². The molecule has 0 amide bonds. The molecule has 0 radical (unpaired) electrons. The van der Waals surface area contributed by atoms with E-state index in [0.717, 1.165) is 43.5 Å². The second kappa shape index (κ2) is 9.43. The highest BCUT2D eigenvalue weighted by atomic mass is 35.5. The largest absolute Gasteiger partial charge is 0.314 e. The van der Waals surface area contributed by atoms with E-state index in [0.29, 0.717) is 10.7 Å². The molecule has 0 spiro atoms. The van der Waals surface area contributed by atoms with Crippen LogP contribution in [0.2, 0.25) is 5.02 Å². The second-order valence-electron chi connectivity index (χ2n) is 7.53. The third kappa shape index (κ3) is 4.44. The van der Waals surface area contributed by atoms with E-state index in [2.05, 4.69) is 4.40 Å². The Kier molecular flexibility index (Phi) is 6.36. The van der Waals surface area contributed by atoms with Crippen LogP contribution in [0.25, 0.3) is 5.52 Å². The topological polar surface area (TPSA) is 50.9 Å². The summed E-state index contributed by atoms with van der Waals surface area (Å²) in [5, 5.41) is 2.42. The maximum absolute atomic E-state index is 13.2. The van der Waals surface area contributed by atoms with Crippen molar-refractivity contribution in [2.75, 3.05) is 0 Å². The molecule has 3 heterocycles. The molecule has 5 aromatic rings. The third-order valence-corrected chi connectivity index (χ3v) is 9.42. The van der Waals surface area contributed by atoms with Crippen LogP contribution >= 0.6 is 34.7 Å². The molecule has 5 rings (SSSR count). The van der Waals surface area contributed by atoms with E-state index in [9.17, 15) is 8.42 Å². The van der Waals surface area contributed by atoms with Crippen LogP contribution in [0.5, 0.6) is 0 Å². The zero-order valence-electron chi connectivity index (χ0n) is 18.1. The van der Waals surface area contributed by atoms with Crippen molar-refractivity contribution in [3.8, 4) is 0 Å². The van der Waals surface area contributed by atoms with E-state index in [-0.39, 0.29) is 4.21 Å². The lowest BCUT2D eigenvalue weighted by atomic mass is 10.1. The highest BCUT2D eigenvalue weighted by Gasteiger charge is 2.24. The molecule has 0 fully saturated rings. The molecule has 2 aromatic carbocycles. The summed E-state index contributed by atoms with van der Waals surface area (Å²) < 4.78 is 33.1. The fourth-order valence-electron chi connectivity index (χ4n) is 3.75. The summed E-state index contributed by atoms with van der Waals surface area (Å²) in [6, 6.07) is 26.4. The SMILES string of the molecule is Cc1c(Sc2ccc(Cl)cc2)c2ccccn2c1C(=NS(=O)(=O)c1cccs1)c1ccccc1. The molecule has 0 atom stereocenters. The highest BCUT2D eigenvalue weighted by molar-refractivity contribution is 7.99. The van der Waals surface area contributed by atoms with E-state index in [1.54, 1.807) is 29.3 Å². The van der Waals surface area contributed by atoms with E-state index in [1.807, 2.05) is 90.3 Å². The average Bonchev–Trinajstić information content (AvgIpc) is 3.48. The summed E-state index contributed by atoms with van der Waals surface area (Å²) in [5.41, 5.74) is 3.83. The number of benzene rings is 2. The molecule has 3 aromatic heterocycles. The third-order valence-electron chi connectivity index (χ3n) is 5.30. The van der Waals surface area contributed by atoms with E-state index >= 15 is 0 Å². The number of fused-ring (bicyclic) bond motifs is 1.